The van der Waals surface area contributed by atoms with Crippen LogP contribution in [0.3, 0.4) is 0 Å². The summed E-state index contributed by atoms with van der Waals surface area (Å²) >= 11 is 0. The summed E-state index contributed by atoms with van der Waals surface area (Å²) < 4.78 is 16.7. The lowest BCUT2D eigenvalue weighted by Gasteiger charge is -2.27. The van der Waals surface area contributed by atoms with Gasteiger partial charge in [-0.2, -0.15) is 0 Å². The first-order valence-corrected chi connectivity index (χ1v) is 9.16. The van der Waals surface area contributed by atoms with Crippen LogP contribution in [0.4, 0.5) is 0 Å². The summed E-state index contributed by atoms with van der Waals surface area (Å²) in [5, 5.41) is 0. The largest absolute Gasteiger partial charge is 0.466 e. The molecule has 0 spiro atoms. The Bertz CT molecular complexity index is 285. The Hall–Kier alpha value is -0.610. The van der Waals surface area contributed by atoms with Crippen LogP contribution in [0.1, 0.15) is 84.5 Å². The fourth-order valence-corrected chi connectivity index (χ4v) is 2.98. The topological polar surface area (TPSA) is 44.8 Å². The molecule has 4 heteroatoms. The lowest BCUT2D eigenvalue weighted by atomic mass is 10.00. The second-order valence-corrected chi connectivity index (χ2v) is 6.14. The summed E-state index contributed by atoms with van der Waals surface area (Å²) in [6.07, 6.45) is 11.8. The van der Waals surface area contributed by atoms with E-state index in [1.54, 1.807) is 0 Å². The van der Waals surface area contributed by atoms with E-state index < -0.39 is 0 Å². The number of hydrogen-bond donors (Lipinski definition) is 0. The highest BCUT2D eigenvalue weighted by Gasteiger charge is 2.34. The van der Waals surface area contributed by atoms with Gasteiger partial charge in [0.05, 0.1) is 19.8 Å². The van der Waals surface area contributed by atoms with Gasteiger partial charge in [-0.15, -0.1) is 0 Å². The Morgan fingerprint density at radius 1 is 0.909 bits per heavy atom. The van der Waals surface area contributed by atoms with E-state index in [2.05, 4.69) is 6.92 Å². The van der Waals surface area contributed by atoms with E-state index in [1.165, 1.54) is 32.1 Å². The lowest BCUT2D eigenvalue weighted by molar-refractivity contribution is -0.168. The van der Waals surface area contributed by atoms with E-state index in [9.17, 15) is 4.79 Å². The van der Waals surface area contributed by atoms with Crippen LogP contribution >= 0.6 is 0 Å². The molecule has 0 atom stereocenters. The molecule has 0 aromatic carbocycles. The molecule has 0 aromatic heterocycles. The monoisotopic (exact) mass is 314 g/mol. The third-order valence-electron chi connectivity index (χ3n) is 4.22. The number of rotatable bonds is 13. The molecule has 1 aliphatic heterocycles. The van der Waals surface area contributed by atoms with E-state index in [0.717, 1.165) is 45.3 Å². The van der Waals surface area contributed by atoms with Crippen molar-refractivity contribution in [2.24, 2.45) is 0 Å². The van der Waals surface area contributed by atoms with Crippen molar-refractivity contribution in [3.63, 3.8) is 0 Å². The molecular weight excluding hydrogens is 280 g/mol. The predicted octanol–water partition coefficient (Wildman–Crippen LogP) is 4.60. The van der Waals surface area contributed by atoms with Gasteiger partial charge < -0.3 is 14.2 Å². The lowest BCUT2D eigenvalue weighted by Crippen LogP contribution is -2.30. The summed E-state index contributed by atoms with van der Waals surface area (Å²) in [5.74, 6) is -0.356. The SMILES string of the molecule is CCCCCC1(CCCCCCCC(=O)OCC)OCCO1. The average molecular weight is 314 g/mol. The minimum absolute atomic E-state index is 0.0647. The van der Waals surface area contributed by atoms with Crippen molar-refractivity contribution in [1.29, 1.82) is 0 Å². The maximum Gasteiger partial charge on any atom is 0.305 e. The van der Waals surface area contributed by atoms with Crippen molar-refractivity contribution in [1.82, 2.24) is 0 Å². The van der Waals surface area contributed by atoms with E-state index in [1.807, 2.05) is 6.92 Å². The van der Waals surface area contributed by atoms with Crippen LogP contribution in [0.25, 0.3) is 0 Å². The third kappa shape index (κ3) is 8.14. The maximum atomic E-state index is 11.2. The van der Waals surface area contributed by atoms with Crippen LogP contribution in [0.15, 0.2) is 0 Å². The summed E-state index contributed by atoms with van der Waals surface area (Å²) in [7, 11) is 0. The number of hydrogen-bond acceptors (Lipinski definition) is 4. The van der Waals surface area contributed by atoms with Crippen molar-refractivity contribution >= 4 is 5.97 Å². The van der Waals surface area contributed by atoms with Crippen LogP contribution in [-0.2, 0) is 19.0 Å². The van der Waals surface area contributed by atoms with Crippen molar-refractivity contribution in [3.05, 3.63) is 0 Å². The zero-order valence-corrected chi connectivity index (χ0v) is 14.5. The molecule has 0 N–H and O–H groups in total. The van der Waals surface area contributed by atoms with Crippen molar-refractivity contribution < 1.29 is 19.0 Å². The van der Waals surface area contributed by atoms with Crippen LogP contribution in [0.5, 0.6) is 0 Å². The maximum absolute atomic E-state index is 11.2. The van der Waals surface area contributed by atoms with Gasteiger partial charge in [-0.1, -0.05) is 39.0 Å². The van der Waals surface area contributed by atoms with Crippen LogP contribution in [0.2, 0.25) is 0 Å². The predicted molar refractivity (Wildman–Crippen MR) is 87.7 cm³/mol. The van der Waals surface area contributed by atoms with Gasteiger partial charge in [-0.3, -0.25) is 4.79 Å². The molecule has 0 bridgehead atoms. The first-order chi connectivity index (χ1) is 10.7. The molecule has 4 nitrogen and oxygen atoms in total. The molecular formula is C18H34O4. The zero-order valence-electron chi connectivity index (χ0n) is 14.5. The van der Waals surface area contributed by atoms with Gasteiger partial charge in [0, 0.05) is 19.3 Å². The second kappa shape index (κ2) is 11.9. The summed E-state index contributed by atoms with van der Waals surface area (Å²) in [5.41, 5.74) is 0. The molecule has 0 unspecified atom stereocenters. The standard InChI is InChI=1S/C18H34O4/c1-3-5-10-13-18(21-15-16-22-18)14-11-8-6-7-9-12-17(19)20-4-2/h3-16H2,1-2H3. The Morgan fingerprint density at radius 3 is 2.14 bits per heavy atom. The highest BCUT2D eigenvalue weighted by Crippen LogP contribution is 2.31. The summed E-state index contributed by atoms with van der Waals surface area (Å²) in [4.78, 5) is 11.2. The molecule has 130 valence electrons. The highest BCUT2D eigenvalue weighted by molar-refractivity contribution is 5.69. The van der Waals surface area contributed by atoms with Gasteiger partial charge in [-0.25, -0.2) is 0 Å². The molecule has 1 rings (SSSR count). The molecule has 0 radical (unpaired) electrons. The Kier molecular flexibility index (Phi) is 10.5. The van der Waals surface area contributed by atoms with Crippen LogP contribution < -0.4 is 0 Å². The Labute approximate surface area is 135 Å². The fourth-order valence-electron chi connectivity index (χ4n) is 2.98. The third-order valence-corrected chi connectivity index (χ3v) is 4.22. The van der Waals surface area contributed by atoms with Gasteiger partial charge in [-0.05, 0) is 26.2 Å². The molecule has 22 heavy (non-hydrogen) atoms. The highest BCUT2D eigenvalue weighted by atomic mass is 16.7. The Balaban J connectivity index is 2.05. The van der Waals surface area contributed by atoms with Gasteiger partial charge >= 0.3 is 5.97 Å². The number of carbonyl (C=O) groups excluding carboxylic acids is 1. The molecule has 1 fully saturated rings. The van der Waals surface area contributed by atoms with Crippen LogP contribution in [0, 0.1) is 0 Å². The molecule has 1 aliphatic rings. The number of esters is 1. The van der Waals surface area contributed by atoms with Crippen molar-refractivity contribution in [2.45, 2.75) is 90.3 Å². The van der Waals surface area contributed by atoms with Gasteiger partial charge in [0.15, 0.2) is 5.79 Å². The average Bonchev–Trinajstić information content (AvgIpc) is 2.96. The molecule has 1 saturated heterocycles. The first kappa shape index (κ1) is 19.4. The van der Waals surface area contributed by atoms with E-state index in [-0.39, 0.29) is 11.8 Å². The molecule has 0 aromatic rings. The van der Waals surface area contributed by atoms with Gasteiger partial charge in [0.1, 0.15) is 0 Å². The fraction of sp³-hybridized carbons (Fsp3) is 0.944. The number of ether oxygens (including phenoxy) is 3. The van der Waals surface area contributed by atoms with Crippen LogP contribution in [-0.4, -0.2) is 31.6 Å². The molecule has 0 saturated carbocycles. The van der Waals surface area contributed by atoms with E-state index in [0.29, 0.717) is 13.0 Å². The molecule has 1 heterocycles. The summed E-state index contributed by atoms with van der Waals surface area (Å²) in [6, 6.07) is 0. The van der Waals surface area contributed by atoms with E-state index in [4.69, 9.17) is 14.2 Å². The van der Waals surface area contributed by atoms with Crippen molar-refractivity contribution in [2.75, 3.05) is 19.8 Å². The van der Waals surface area contributed by atoms with Gasteiger partial charge in [0.2, 0.25) is 0 Å². The zero-order chi connectivity index (χ0) is 16.1. The quantitative estimate of drug-likeness (QED) is 0.368. The smallest absolute Gasteiger partial charge is 0.305 e. The Morgan fingerprint density at radius 2 is 1.50 bits per heavy atom. The normalized spacial score (nSPS) is 16.8. The summed E-state index contributed by atoms with van der Waals surface area (Å²) in [6.45, 7) is 6.04. The second-order valence-electron chi connectivity index (χ2n) is 6.14. The first-order valence-electron chi connectivity index (χ1n) is 9.16. The molecule has 0 aliphatic carbocycles. The number of unbranched alkanes of at least 4 members (excludes halogenated alkanes) is 6. The van der Waals surface area contributed by atoms with Crippen molar-refractivity contribution in [3.8, 4) is 0 Å². The molecule has 0 amide bonds. The van der Waals surface area contributed by atoms with E-state index >= 15 is 0 Å². The van der Waals surface area contributed by atoms with Gasteiger partial charge in [0.25, 0.3) is 0 Å². The minimum Gasteiger partial charge on any atom is -0.466 e. The number of carbonyl (C=O) groups is 1. The minimum atomic E-state index is -0.292.